The summed E-state index contributed by atoms with van der Waals surface area (Å²) in [5, 5.41) is 3.43. The Labute approximate surface area is 151 Å². The average Bonchev–Trinajstić information content (AvgIpc) is 3.25. The zero-order valence-electron chi connectivity index (χ0n) is 13.8. The first-order chi connectivity index (χ1) is 12.0. The normalized spacial score (nSPS) is 30.7. The Balaban J connectivity index is 1.42. The number of amides is 3. The molecule has 0 radical (unpaired) electrons. The molecule has 2 fully saturated rings. The molecule has 2 aliphatic carbocycles. The van der Waals surface area contributed by atoms with Crippen LogP contribution in [0.2, 0.25) is 5.02 Å². The molecule has 5 unspecified atom stereocenters. The van der Waals surface area contributed by atoms with E-state index in [1.165, 1.54) is 0 Å². The summed E-state index contributed by atoms with van der Waals surface area (Å²) in [4.78, 5) is 38.7. The van der Waals surface area contributed by atoms with E-state index in [0.29, 0.717) is 5.02 Å². The van der Waals surface area contributed by atoms with Crippen molar-refractivity contribution in [3.8, 4) is 0 Å². The van der Waals surface area contributed by atoms with Gasteiger partial charge in [-0.05, 0) is 42.9 Å². The molecule has 6 heteroatoms. The van der Waals surface area contributed by atoms with Crippen molar-refractivity contribution in [2.45, 2.75) is 19.4 Å². The molecule has 4 rings (SSSR count). The molecule has 1 aliphatic heterocycles. The molecule has 0 aromatic heterocycles. The van der Waals surface area contributed by atoms with Crippen LogP contribution in [0.4, 0.5) is 0 Å². The number of benzene rings is 1. The number of fused-ring (bicyclic) bond motifs is 5. The molecule has 1 aromatic rings. The van der Waals surface area contributed by atoms with E-state index in [9.17, 15) is 14.4 Å². The van der Waals surface area contributed by atoms with Crippen molar-refractivity contribution in [2.75, 3.05) is 6.54 Å². The molecular weight excluding hydrogens is 340 g/mol. The lowest BCUT2D eigenvalue weighted by Crippen LogP contribution is -2.42. The van der Waals surface area contributed by atoms with Crippen molar-refractivity contribution in [1.29, 1.82) is 0 Å². The molecule has 2 bridgehead atoms. The first-order valence-electron chi connectivity index (χ1n) is 8.54. The SMILES string of the molecule is CC(NC(=O)CN1C(=O)C2C3C=CC(C3)C2C1=O)c1cccc(Cl)c1. The minimum absolute atomic E-state index is 0.157. The number of halogens is 1. The lowest BCUT2D eigenvalue weighted by molar-refractivity contribution is -0.144. The van der Waals surface area contributed by atoms with Crippen molar-refractivity contribution >= 4 is 29.3 Å². The molecule has 1 aromatic carbocycles. The molecular formula is C19H19ClN2O3. The van der Waals surface area contributed by atoms with Gasteiger partial charge >= 0.3 is 0 Å². The summed E-state index contributed by atoms with van der Waals surface area (Å²) >= 11 is 5.97. The summed E-state index contributed by atoms with van der Waals surface area (Å²) in [6.45, 7) is 1.63. The van der Waals surface area contributed by atoms with Gasteiger partial charge in [0.05, 0.1) is 17.9 Å². The molecule has 1 heterocycles. The lowest BCUT2D eigenvalue weighted by atomic mass is 9.85. The number of carbonyl (C=O) groups is 3. The number of nitrogens with zero attached hydrogens (tertiary/aromatic N) is 1. The summed E-state index contributed by atoms with van der Waals surface area (Å²) in [5.41, 5.74) is 0.874. The fourth-order valence-corrected chi connectivity index (χ4v) is 4.61. The minimum Gasteiger partial charge on any atom is -0.348 e. The zero-order chi connectivity index (χ0) is 17.7. The zero-order valence-corrected chi connectivity index (χ0v) is 14.6. The van der Waals surface area contributed by atoms with Gasteiger partial charge in [0.2, 0.25) is 17.7 Å². The second-order valence-corrected chi connectivity index (χ2v) is 7.54. The van der Waals surface area contributed by atoms with Crippen LogP contribution < -0.4 is 5.32 Å². The van der Waals surface area contributed by atoms with Crippen LogP contribution in [0.15, 0.2) is 36.4 Å². The summed E-state index contributed by atoms with van der Waals surface area (Å²) in [5.74, 6) is -0.944. The van der Waals surface area contributed by atoms with Gasteiger partial charge in [-0.1, -0.05) is 35.9 Å². The Kier molecular flexibility index (Phi) is 3.91. The molecule has 25 heavy (non-hydrogen) atoms. The second kappa shape index (κ2) is 5.99. The van der Waals surface area contributed by atoms with Crippen LogP contribution in [0.1, 0.15) is 24.9 Å². The van der Waals surface area contributed by atoms with Crippen LogP contribution in [-0.2, 0) is 14.4 Å². The van der Waals surface area contributed by atoms with Crippen molar-refractivity contribution in [3.05, 3.63) is 47.0 Å². The average molecular weight is 359 g/mol. The monoisotopic (exact) mass is 358 g/mol. The molecule has 3 amide bonds. The van der Waals surface area contributed by atoms with Gasteiger partial charge in [0.15, 0.2) is 0 Å². The van der Waals surface area contributed by atoms with Crippen molar-refractivity contribution in [3.63, 3.8) is 0 Å². The van der Waals surface area contributed by atoms with Gasteiger partial charge in [-0.15, -0.1) is 0 Å². The van der Waals surface area contributed by atoms with Crippen molar-refractivity contribution in [1.82, 2.24) is 10.2 Å². The molecule has 1 saturated carbocycles. The van der Waals surface area contributed by atoms with Crippen molar-refractivity contribution in [2.24, 2.45) is 23.7 Å². The highest BCUT2D eigenvalue weighted by Gasteiger charge is 2.59. The van der Waals surface area contributed by atoms with Crippen LogP contribution in [0.25, 0.3) is 0 Å². The molecule has 0 spiro atoms. The first kappa shape index (κ1) is 16.3. The van der Waals surface area contributed by atoms with E-state index >= 15 is 0 Å². The van der Waals surface area contributed by atoms with E-state index in [1.807, 2.05) is 31.2 Å². The standard InChI is InChI=1S/C19H19ClN2O3/c1-10(11-3-2-4-14(20)8-11)21-15(23)9-22-18(24)16-12-5-6-13(7-12)17(16)19(22)25/h2-6,8,10,12-13,16-17H,7,9H2,1H3,(H,21,23). The third kappa shape index (κ3) is 2.67. The maximum absolute atomic E-state index is 12.6. The van der Waals surface area contributed by atoms with Crippen LogP contribution in [0.5, 0.6) is 0 Å². The van der Waals surface area contributed by atoms with Gasteiger partial charge in [0.25, 0.3) is 0 Å². The number of likely N-dealkylation sites (tertiary alicyclic amines) is 1. The molecule has 5 atom stereocenters. The van der Waals surface area contributed by atoms with E-state index in [-0.39, 0.29) is 54.0 Å². The smallest absolute Gasteiger partial charge is 0.240 e. The van der Waals surface area contributed by atoms with E-state index in [0.717, 1.165) is 16.9 Å². The number of rotatable bonds is 4. The van der Waals surface area contributed by atoms with Gasteiger partial charge in [0, 0.05) is 5.02 Å². The van der Waals surface area contributed by atoms with E-state index in [2.05, 4.69) is 5.32 Å². The maximum atomic E-state index is 12.6. The Morgan fingerprint density at radius 3 is 2.48 bits per heavy atom. The topological polar surface area (TPSA) is 66.5 Å². The third-order valence-electron chi connectivity index (χ3n) is 5.59. The molecule has 130 valence electrons. The van der Waals surface area contributed by atoms with Gasteiger partial charge in [-0.25, -0.2) is 0 Å². The van der Waals surface area contributed by atoms with E-state index in [1.54, 1.807) is 12.1 Å². The van der Waals surface area contributed by atoms with Crippen LogP contribution in [-0.4, -0.2) is 29.2 Å². The quantitative estimate of drug-likeness (QED) is 0.663. The lowest BCUT2D eigenvalue weighted by Gasteiger charge is -2.19. The highest BCUT2D eigenvalue weighted by molar-refractivity contribution is 6.30. The predicted octanol–water partition coefficient (Wildman–Crippen LogP) is 2.32. The Hall–Kier alpha value is -2.14. The fourth-order valence-electron chi connectivity index (χ4n) is 4.41. The Morgan fingerprint density at radius 1 is 1.24 bits per heavy atom. The highest BCUT2D eigenvalue weighted by Crippen LogP contribution is 2.52. The van der Waals surface area contributed by atoms with Crippen LogP contribution >= 0.6 is 11.6 Å². The van der Waals surface area contributed by atoms with Crippen LogP contribution in [0.3, 0.4) is 0 Å². The number of hydrogen-bond donors (Lipinski definition) is 1. The summed E-state index contributed by atoms with van der Waals surface area (Å²) in [7, 11) is 0. The molecule has 1 saturated heterocycles. The summed E-state index contributed by atoms with van der Waals surface area (Å²) < 4.78 is 0. The predicted molar refractivity (Wildman–Crippen MR) is 92.4 cm³/mol. The fraction of sp³-hybridized carbons (Fsp3) is 0.421. The van der Waals surface area contributed by atoms with E-state index in [4.69, 9.17) is 11.6 Å². The molecule has 1 N–H and O–H groups in total. The number of imide groups is 1. The summed E-state index contributed by atoms with van der Waals surface area (Å²) in [6.07, 6.45) is 4.97. The maximum Gasteiger partial charge on any atom is 0.240 e. The molecule has 5 nitrogen and oxygen atoms in total. The van der Waals surface area contributed by atoms with Crippen LogP contribution in [0, 0.1) is 23.7 Å². The largest absolute Gasteiger partial charge is 0.348 e. The summed E-state index contributed by atoms with van der Waals surface area (Å²) in [6, 6.07) is 6.99. The number of carbonyl (C=O) groups excluding carboxylic acids is 3. The van der Waals surface area contributed by atoms with Gasteiger partial charge in [0.1, 0.15) is 6.54 Å². The Morgan fingerprint density at radius 2 is 1.88 bits per heavy atom. The second-order valence-electron chi connectivity index (χ2n) is 7.11. The first-order valence-corrected chi connectivity index (χ1v) is 8.92. The van der Waals surface area contributed by atoms with Gasteiger partial charge in [-0.2, -0.15) is 0 Å². The van der Waals surface area contributed by atoms with Gasteiger partial charge < -0.3 is 5.32 Å². The number of nitrogens with one attached hydrogen (secondary N) is 1. The van der Waals surface area contributed by atoms with Crippen molar-refractivity contribution < 1.29 is 14.4 Å². The van der Waals surface area contributed by atoms with Gasteiger partial charge in [-0.3, -0.25) is 19.3 Å². The van der Waals surface area contributed by atoms with E-state index < -0.39 is 0 Å². The number of hydrogen-bond acceptors (Lipinski definition) is 3. The molecule has 3 aliphatic rings. The third-order valence-corrected chi connectivity index (χ3v) is 5.82. The minimum atomic E-state index is -0.338. The Bertz CT molecular complexity index is 761. The highest BCUT2D eigenvalue weighted by atomic mass is 35.5. The number of allylic oxidation sites excluding steroid dienone is 2.